The molecule has 0 aliphatic rings. The molecule has 0 aromatic carbocycles. The highest BCUT2D eigenvalue weighted by atomic mass is 15.5. The molecule has 0 saturated heterocycles. The summed E-state index contributed by atoms with van der Waals surface area (Å²) in [4.78, 5) is 0. The average Bonchev–Trinajstić information content (AvgIpc) is 2.49. The molecule has 0 spiro atoms. The van der Waals surface area contributed by atoms with E-state index in [1.54, 1.807) is 10.8 Å². The van der Waals surface area contributed by atoms with Crippen LogP contribution in [0.25, 0.3) is 0 Å². The van der Waals surface area contributed by atoms with Gasteiger partial charge in [0.15, 0.2) is 6.20 Å². The first kappa shape index (κ1) is 7.28. The lowest BCUT2D eigenvalue weighted by atomic mass is 10.1. The maximum Gasteiger partial charge on any atom is 0.207 e. The van der Waals surface area contributed by atoms with E-state index in [2.05, 4.69) is 31.2 Å². The van der Waals surface area contributed by atoms with Crippen molar-refractivity contribution >= 4 is 0 Å². The van der Waals surface area contributed by atoms with Crippen LogP contribution in [-0.2, 0) is 0 Å². The summed E-state index contributed by atoms with van der Waals surface area (Å²) in [7, 11) is 0. The lowest BCUT2D eigenvalue weighted by Gasteiger charge is -2.01. The summed E-state index contributed by atoms with van der Waals surface area (Å²) in [6.45, 7) is 4.37. The van der Waals surface area contributed by atoms with E-state index in [-0.39, 0.29) is 0 Å². The van der Waals surface area contributed by atoms with Gasteiger partial charge in [-0.25, -0.2) is 0 Å². The molecule has 0 fully saturated rings. The van der Waals surface area contributed by atoms with E-state index >= 15 is 0 Å². The van der Waals surface area contributed by atoms with Crippen LogP contribution in [0.3, 0.4) is 0 Å². The topological polar surface area (TPSA) is 21.4 Å². The van der Waals surface area contributed by atoms with Crippen LogP contribution in [0, 0.1) is 0 Å². The van der Waals surface area contributed by atoms with Crippen molar-refractivity contribution in [3.63, 3.8) is 0 Å². The van der Waals surface area contributed by atoms with E-state index in [0.717, 1.165) is 0 Å². The Kier molecular flexibility index (Phi) is 1.57. The first-order valence-corrected chi connectivity index (χ1v) is 4.12. The van der Waals surface area contributed by atoms with Crippen LogP contribution in [-0.4, -0.2) is 9.73 Å². The Morgan fingerprint density at radius 1 is 1.50 bits per heavy atom. The molecule has 0 N–H and O–H groups in total. The Labute approximate surface area is 71.2 Å². The van der Waals surface area contributed by atoms with Crippen molar-refractivity contribution in [1.82, 2.24) is 9.73 Å². The first-order valence-electron chi connectivity index (χ1n) is 4.12. The maximum absolute atomic E-state index is 4.10. The Morgan fingerprint density at radius 3 is 3.08 bits per heavy atom. The highest BCUT2D eigenvalue weighted by Gasteiger charge is 2.04. The lowest BCUT2D eigenvalue weighted by molar-refractivity contribution is -0.623. The molecule has 3 nitrogen and oxygen atoms in total. The van der Waals surface area contributed by atoms with Gasteiger partial charge in [-0.2, -0.15) is 0 Å². The third-order valence-corrected chi connectivity index (χ3v) is 1.99. The van der Waals surface area contributed by atoms with Crippen LogP contribution < -0.4 is 4.52 Å². The lowest BCUT2D eigenvalue weighted by Crippen LogP contribution is -2.28. The van der Waals surface area contributed by atoms with Crippen LogP contribution in [0.1, 0.15) is 25.3 Å². The number of fused-ring (bicyclic) bond motifs is 1. The SMILES string of the molecule is CC(C)c1ccn2ncc[n+]2c1. The zero-order valence-corrected chi connectivity index (χ0v) is 7.31. The fraction of sp³-hybridized carbons (Fsp3) is 0.333. The number of aromatic nitrogens is 3. The summed E-state index contributed by atoms with van der Waals surface area (Å²) in [6, 6.07) is 2.09. The fourth-order valence-electron chi connectivity index (χ4n) is 1.20. The van der Waals surface area contributed by atoms with Crippen molar-refractivity contribution < 1.29 is 4.52 Å². The van der Waals surface area contributed by atoms with E-state index in [1.807, 2.05) is 16.9 Å². The Balaban J connectivity index is 2.60. The maximum atomic E-state index is 4.10. The van der Waals surface area contributed by atoms with Crippen LogP contribution in [0.15, 0.2) is 30.9 Å². The van der Waals surface area contributed by atoms with Gasteiger partial charge in [-0.05, 0) is 22.2 Å². The quantitative estimate of drug-likeness (QED) is 0.574. The molecule has 0 aliphatic heterocycles. The predicted molar refractivity (Wildman–Crippen MR) is 44.9 cm³/mol. The Morgan fingerprint density at radius 2 is 2.33 bits per heavy atom. The molecule has 0 radical (unpaired) electrons. The molecule has 0 saturated carbocycles. The second kappa shape index (κ2) is 2.59. The summed E-state index contributed by atoms with van der Waals surface area (Å²) in [6.07, 6.45) is 7.78. The number of rotatable bonds is 1. The van der Waals surface area contributed by atoms with Crippen LogP contribution in [0.2, 0.25) is 0 Å². The van der Waals surface area contributed by atoms with Gasteiger partial charge in [-0.15, -0.1) is 4.52 Å². The average molecular weight is 162 g/mol. The largest absolute Gasteiger partial charge is 0.207 e. The van der Waals surface area contributed by atoms with E-state index in [4.69, 9.17) is 0 Å². The summed E-state index contributed by atoms with van der Waals surface area (Å²) < 4.78 is 3.77. The molecule has 0 bridgehead atoms. The van der Waals surface area contributed by atoms with Crippen molar-refractivity contribution in [2.24, 2.45) is 0 Å². The molecule has 2 aromatic heterocycles. The Hall–Kier alpha value is -1.38. The molecule has 0 aliphatic carbocycles. The van der Waals surface area contributed by atoms with Crippen LogP contribution in [0.4, 0.5) is 0 Å². The van der Waals surface area contributed by atoms with Crippen LogP contribution >= 0.6 is 0 Å². The van der Waals surface area contributed by atoms with Gasteiger partial charge >= 0.3 is 0 Å². The third-order valence-electron chi connectivity index (χ3n) is 1.99. The van der Waals surface area contributed by atoms with Crippen molar-refractivity contribution in [3.05, 3.63) is 36.4 Å². The monoisotopic (exact) mass is 162 g/mol. The van der Waals surface area contributed by atoms with Crippen molar-refractivity contribution in [1.29, 1.82) is 0 Å². The van der Waals surface area contributed by atoms with Gasteiger partial charge < -0.3 is 0 Å². The van der Waals surface area contributed by atoms with E-state index in [9.17, 15) is 0 Å². The van der Waals surface area contributed by atoms with Gasteiger partial charge in [0.2, 0.25) is 6.20 Å². The zero-order valence-electron chi connectivity index (χ0n) is 7.31. The number of nitrogens with zero attached hydrogens (tertiary/aromatic N) is 3. The molecule has 0 atom stereocenters. The van der Waals surface area contributed by atoms with E-state index < -0.39 is 0 Å². The fourth-order valence-corrected chi connectivity index (χ4v) is 1.20. The molecule has 2 aromatic rings. The third kappa shape index (κ3) is 1.07. The minimum atomic E-state index is 0.567. The van der Waals surface area contributed by atoms with Crippen molar-refractivity contribution in [2.45, 2.75) is 19.8 Å². The van der Waals surface area contributed by atoms with Gasteiger partial charge in [0.05, 0.1) is 6.20 Å². The van der Waals surface area contributed by atoms with Crippen LogP contribution in [0.5, 0.6) is 0 Å². The summed E-state index contributed by atoms with van der Waals surface area (Å²) in [5.74, 6) is 0.567. The number of hydrogen-bond acceptors (Lipinski definition) is 1. The van der Waals surface area contributed by atoms with Gasteiger partial charge in [0, 0.05) is 5.10 Å². The molecule has 62 valence electrons. The van der Waals surface area contributed by atoms with Gasteiger partial charge in [0.1, 0.15) is 6.20 Å². The smallest absolute Gasteiger partial charge is 0.128 e. The second-order valence-electron chi connectivity index (χ2n) is 3.21. The van der Waals surface area contributed by atoms with E-state index in [0.29, 0.717) is 5.92 Å². The minimum absolute atomic E-state index is 0.567. The molecular formula is C9H12N3+. The van der Waals surface area contributed by atoms with Gasteiger partial charge in [-0.3, -0.25) is 0 Å². The molecule has 0 unspecified atom stereocenters. The minimum Gasteiger partial charge on any atom is -0.128 e. The predicted octanol–water partition coefficient (Wildman–Crippen LogP) is 1.04. The molecular weight excluding hydrogens is 150 g/mol. The molecule has 0 amide bonds. The summed E-state index contributed by atoms with van der Waals surface area (Å²) >= 11 is 0. The zero-order chi connectivity index (χ0) is 8.55. The van der Waals surface area contributed by atoms with Gasteiger partial charge in [-0.1, -0.05) is 13.8 Å². The normalized spacial score (nSPS) is 11.2. The van der Waals surface area contributed by atoms with Crippen molar-refractivity contribution in [3.8, 4) is 0 Å². The molecule has 12 heavy (non-hydrogen) atoms. The van der Waals surface area contributed by atoms with Gasteiger partial charge in [0.25, 0.3) is 0 Å². The first-order chi connectivity index (χ1) is 5.77. The molecule has 3 heteroatoms. The van der Waals surface area contributed by atoms with E-state index in [1.165, 1.54) is 5.56 Å². The molecule has 2 rings (SSSR count). The highest BCUT2D eigenvalue weighted by molar-refractivity contribution is 5.08. The summed E-state index contributed by atoms with van der Waals surface area (Å²) in [5.41, 5.74) is 1.33. The summed E-state index contributed by atoms with van der Waals surface area (Å²) in [5, 5.41) is 4.10. The van der Waals surface area contributed by atoms with Crippen molar-refractivity contribution in [2.75, 3.05) is 0 Å². The molecule has 2 heterocycles. The Bertz CT molecular complexity index is 389. The highest BCUT2D eigenvalue weighted by Crippen LogP contribution is 2.09. The second-order valence-corrected chi connectivity index (χ2v) is 3.21. The number of hydrogen-bond donors (Lipinski definition) is 0. The standard InChI is InChI=1S/C9H12N3/c1-8(2)9-3-5-12-10-4-6-11(12)7-9/h3-8H,1-2H3/q+1.